The molecule has 0 bridgehead atoms. The molecule has 3 aromatic carbocycles. The van der Waals surface area contributed by atoms with Crippen LogP contribution in [-0.4, -0.2) is 35.5 Å². The maximum atomic E-state index is 13.3. The van der Waals surface area contributed by atoms with Crippen LogP contribution in [0.2, 0.25) is 5.02 Å². The number of hydrogen-bond donors (Lipinski definition) is 1. The summed E-state index contributed by atoms with van der Waals surface area (Å²) < 4.78 is 12.1. The molecule has 0 unspecified atom stereocenters. The first-order valence-electron chi connectivity index (χ1n) is 9.88. The highest BCUT2D eigenvalue weighted by Crippen LogP contribution is 2.34. The number of carbonyl (C=O) groups excluding carboxylic acids is 1. The number of para-hydroxylation sites is 1. The molecule has 0 radical (unpaired) electrons. The van der Waals surface area contributed by atoms with Crippen molar-refractivity contribution >= 4 is 34.6 Å². The molecule has 0 atom stereocenters. The molecule has 2 N–H and O–H groups in total. The largest absolute Gasteiger partial charge is 0.493 e. The molecule has 33 heavy (non-hydrogen) atoms. The van der Waals surface area contributed by atoms with Crippen LogP contribution < -0.4 is 20.8 Å². The Kier molecular flexibility index (Phi) is 6.37. The number of carbonyl (C=O) groups is 1. The topological polar surface area (TPSA) is 109 Å². The minimum absolute atomic E-state index is 0.215. The molecule has 4 aromatic rings. The van der Waals surface area contributed by atoms with E-state index in [1.807, 2.05) is 36.4 Å². The van der Waals surface area contributed by atoms with E-state index >= 15 is 0 Å². The molecule has 166 valence electrons. The van der Waals surface area contributed by atoms with Gasteiger partial charge in [-0.3, -0.25) is 9.59 Å². The summed E-state index contributed by atoms with van der Waals surface area (Å²) in [5.41, 5.74) is 6.53. The van der Waals surface area contributed by atoms with Crippen LogP contribution in [0.5, 0.6) is 11.5 Å². The van der Waals surface area contributed by atoms with Crippen molar-refractivity contribution in [2.45, 2.75) is 0 Å². The lowest BCUT2D eigenvalue weighted by atomic mass is 10.2. The Hall–Kier alpha value is -4.17. The van der Waals surface area contributed by atoms with E-state index in [9.17, 15) is 9.59 Å². The molecule has 0 spiro atoms. The summed E-state index contributed by atoms with van der Waals surface area (Å²) in [5, 5.41) is 5.19. The average Bonchev–Trinajstić information content (AvgIpc) is 2.82. The predicted molar refractivity (Wildman–Crippen MR) is 127 cm³/mol. The number of hydrogen-bond acceptors (Lipinski definition) is 6. The standard InChI is InChI=1S/C24H19ClN4O4/c1-32-20-12-17(25)11-16(22(20)33-14-21(26)30)13-27-29-23(15-7-3-2-4-8-15)28-19-10-6-5-9-18(19)24(29)31/h2-13H,14H2,1H3,(H2,26,30). The third-order valence-corrected chi connectivity index (χ3v) is 4.94. The monoisotopic (exact) mass is 462 g/mol. The van der Waals surface area contributed by atoms with E-state index in [-0.39, 0.29) is 23.7 Å². The fourth-order valence-electron chi connectivity index (χ4n) is 3.26. The van der Waals surface area contributed by atoms with Crippen LogP contribution in [-0.2, 0) is 4.79 Å². The summed E-state index contributed by atoms with van der Waals surface area (Å²) in [7, 11) is 1.44. The van der Waals surface area contributed by atoms with E-state index in [0.717, 1.165) is 0 Å². The quantitative estimate of drug-likeness (QED) is 0.423. The number of rotatable bonds is 7. The molecule has 0 aliphatic heterocycles. The first kappa shape index (κ1) is 22.0. The summed E-state index contributed by atoms with van der Waals surface area (Å²) in [6, 6.07) is 19.4. The molecule has 0 aliphatic carbocycles. The number of nitrogens with zero attached hydrogens (tertiary/aromatic N) is 3. The van der Waals surface area contributed by atoms with Crippen molar-refractivity contribution in [2.24, 2.45) is 10.8 Å². The van der Waals surface area contributed by atoms with Crippen LogP contribution in [0.4, 0.5) is 0 Å². The Labute approximate surface area is 193 Å². The summed E-state index contributed by atoms with van der Waals surface area (Å²) in [6.45, 7) is -0.369. The number of aromatic nitrogens is 2. The fourth-order valence-corrected chi connectivity index (χ4v) is 3.48. The highest BCUT2D eigenvalue weighted by molar-refractivity contribution is 6.31. The normalized spacial score (nSPS) is 11.1. The molecule has 1 heterocycles. The van der Waals surface area contributed by atoms with E-state index in [0.29, 0.717) is 32.9 Å². The molecular formula is C24H19ClN4O4. The van der Waals surface area contributed by atoms with Gasteiger partial charge in [0.25, 0.3) is 11.5 Å². The zero-order chi connectivity index (χ0) is 23.4. The second-order valence-electron chi connectivity index (χ2n) is 6.96. The molecule has 1 aromatic heterocycles. The Bertz CT molecular complexity index is 1420. The maximum absolute atomic E-state index is 13.3. The molecule has 9 heteroatoms. The minimum atomic E-state index is -0.656. The van der Waals surface area contributed by atoms with E-state index in [4.69, 9.17) is 26.8 Å². The second kappa shape index (κ2) is 9.54. The molecule has 0 fully saturated rings. The van der Waals surface area contributed by atoms with E-state index in [1.165, 1.54) is 24.1 Å². The first-order chi connectivity index (χ1) is 16.0. The lowest BCUT2D eigenvalue weighted by Gasteiger charge is -2.13. The summed E-state index contributed by atoms with van der Waals surface area (Å²) in [4.78, 5) is 29.2. The number of fused-ring (bicyclic) bond motifs is 1. The van der Waals surface area contributed by atoms with E-state index < -0.39 is 5.91 Å². The van der Waals surface area contributed by atoms with Gasteiger partial charge < -0.3 is 15.2 Å². The highest BCUT2D eigenvalue weighted by Gasteiger charge is 2.15. The Balaban J connectivity index is 1.90. The van der Waals surface area contributed by atoms with Crippen LogP contribution in [0, 0.1) is 0 Å². The SMILES string of the molecule is COc1cc(Cl)cc(C=Nn2c(-c3ccccc3)nc3ccccc3c2=O)c1OCC(N)=O. The van der Waals surface area contributed by atoms with Gasteiger partial charge in [0, 0.05) is 22.2 Å². The third-order valence-electron chi connectivity index (χ3n) is 4.73. The zero-order valence-corrected chi connectivity index (χ0v) is 18.3. The minimum Gasteiger partial charge on any atom is -0.493 e. The smallest absolute Gasteiger partial charge is 0.282 e. The molecule has 0 saturated carbocycles. The van der Waals surface area contributed by atoms with Gasteiger partial charge in [-0.25, -0.2) is 4.98 Å². The van der Waals surface area contributed by atoms with Crippen molar-refractivity contribution in [3.63, 3.8) is 0 Å². The molecule has 0 aliphatic rings. The number of primary amides is 1. The van der Waals surface area contributed by atoms with Crippen molar-refractivity contribution < 1.29 is 14.3 Å². The van der Waals surface area contributed by atoms with Gasteiger partial charge in [-0.05, 0) is 18.2 Å². The maximum Gasteiger partial charge on any atom is 0.282 e. The molecule has 1 amide bonds. The molecular weight excluding hydrogens is 444 g/mol. The van der Waals surface area contributed by atoms with Crippen LogP contribution in [0.15, 0.2) is 76.6 Å². The van der Waals surface area contributed by atoms with E-state index in [2.05, 4.69) is 10.1 Å². The fraction of sp³-hybridized carbons (Fsp3) is 0.0833. The van der Waals surface area contributed by atoms with Gasteiger partial charge in [0.05, 0.1) is 24.2 Å². The lowest BCUT2D eigenvalue weighted by molar-refractivity contribution is -0.119. The van der Waals surface area contributed by atoms with Gasteiger partial charge in [0.15, 0.2) is 23.9 Å². The Morgan fingerprint density at radius 2 is 1.88 bits per heavy atom. The van der Waals surface area contributed by atoms with Gasteiger partial charge in [-0.15, -0.1) is 0 Å². The van der Waals surface area contributed by atoms with Crippen molar-refractivity contribution in [3.8, 4) is 22.9 Å². The second-order valence-corrected chi connectivity index (χ2v) is 7.40. The molecule has 8 nitrogen and oxygen atoms in total. The van der Waals surface area contributed by atoms with Gasteiger partial charge in [0.2, 0.25) is 0 Å². The first-order valence-corrected chi connectivity index (χ1v) is 10.3. The van der Waals surface area contributed by atoms with Gasteiger partial charge in [-0.2, -0.15) is 9.78 Å². The van der Waals surface area contributed by atoms with Crippen LogP contribution in [0.3, 0.4) is 0 Å². The Morgan fingerprint density at radius 1 is 1.15 bits per heavy atom. The number of benzene rings is 3. The predicted octanol–water partition coefficient (Wildman–Crippen LogP) is 3.47. The van der Waals surface area contributed by atoms with Crippen molar-refractivity contribution in [1.82, 2.24) is 9.66 Å². The van der Waals surface area contributed by atoms with Gasteiger partial charge in [-0.1, -0.05) is 54.1 Å². The van der Waals surface area contributed by atoms with Crippen LogP contribution in [0.1, 0.15) is 5.56 Å². The number of methoxy groups -OCH3 is 1. The van der Waals surface area contributed by atoms with Gasteiger partial charge >= 0.3 is 0 Å². The number of ether oxygens (including phenoxy) is 2. The van der Waals surface area contributed by atoms with Crippen LogP contribution >= 0.6 is 11.6 Å². The van der Waals surface area contributed by atoms with Gasteiger partial charge in [0.1, 0.15) is 0 Å². The van der Waals surface area contributed by atoms with Crippen molar-refractivity contribution in [1.29, 1.82) is 0 Å². The van der Waals surface area contributed by atoms with Crippen molar-refractivity contribution in [3.05, 3.63) is 87.7 Å². The highest BCUT2D eigenvalue weighted by atomic mass is 35.5. The molecule has 4 rings (SSSR count). The third kappa shape index (κ3) is 4.70. The summed E-state index contributed by atoms with van der Waals surface area (Å²) in [5.74, 6) is 0.213. The Morgan fingerprint density at radius 3 is 2.61 bits per heavy atom. The number of nitrogens with two attached hydrogens (primary N) is 1. The lowest BCUT2D eigenvalue weighted by Crippen LogP contribution is -2.21. The summed E-state index contributed by atoms with van der Waals surface area (Å²) in [6.07, 6.45) is 1.40. The number of halogens is 1. The van der Waals surface area contributed by atoms with Crippen molar-refractivity contribution in [2.75, 3.05) is 13.7 Å². The van der Waals surface area contributed by atoms with Crippen LogP contribution in [0.25, 0.3) is 22.3 Å². The van der Waals surface area contributed by atoms with E-state index in [1.54, 1.807) is 24.3 Å². The molecule has 0 saturated heterocycles. The zero-order valence-electron chi connectivity index (χ0n) is 17.6. The number of amides is 1. The average molecular weight is 463 g/mol. The summed E-state index contributed by atoms with van der Waals surface area (Å²) >= 11 is 6.21.